The predicted molar refractivity (Wildman–Crippen MR) is 111 cm³/mol. The van der Waals surface area contributed by atoms with E-state index in [0.29, 0.717) is 25.7 Å². The molecule has 0 bridgehead atoms. The van der Waals surface area contributed by atoms with Gasteiger partial charge in [0.1, 0.15) is 0 Å². The van der Waals surface area contributed by atoms with E-state index in [-0.39, 0.29) is 21.4 Å². The Morgan fingerprint density at radius 3 is 2.57 bits per heavy atom. The first kappa shape index (κ1) is 21.6. The molecule has 1 atom stereocenters. The lowest BCUT2D eigenvalue weighted by Gasteiger charge is -2.33. The standard InChI is InChI=1S/C20H30ClN3O3S/c1-16-7-3-6-11-23(16)14-10-22-20(25)18-15-17(8-9-19(18)21)28(26,27)24-12-4-2-5-13-24/h8-9,15-16H,2-7,10-14H2,1H3,(H,22,25). The molecule has 3 rings (SSSR count). The zero-order chi connectivity index (χ0) is 20.1. The summed E-state index contributed by atoms with van der Waals surface area (Å²) in [6, 6.07) is 4.93. The molecule has 1 N–H and O–H groups in total. The third-order valence-corrected chi connectivity index (χ3v) is 7.98. The van der Waals surface area contributed by atoms with Crippen LogP contribution >= 0.6 is 11.6 Å². The lowest BCUT2D eigenvalue weighted by atomic mass is 10.0. The summed E-state index contributed by atoms with van der Waals surface area (Å²) in [4.78, 5) is 15.1. The molecule has 0 aromatic heterocycles. The number of amides is 1. The van der Waals surface area contributed by atoms with E-state index in [9.17, 15) is 13.2 Å². The van der Waals surface area contributed by atoms with Gasteiger partial charge in [0, 0.05) is 32.2 Å². The first-order chi connectivity index (χ1) is 13.4. The molecule has 2 heterocycles. The van der Waals surface area contributed by atoms with Gasteiger partial charge in [-0.1, -0.05) is 24.4 Å². The largest absolute Gasteiger partial charge is 0.351 e. The number of hydrogen-bond acceptors (Lipinski definition) is 4. The van der Waals surface area contributed by atoms with Crippen molar-refractivity contribution in [1.82, 2.24) is 14.5 Å². The molecule has 28 heavy (non-hydrogen) atoms. The van der Waals surface area contributed by atoms with Crippen molar-refractivity contribution in [2.45, 2.75) is 56.4 Å². The Labute approximate surface area is 173 Å². The zero-order valence-electron chi connectivity index (χ0n) is 16.5. The van der Waals surface area contributed by atoms with Crippen LogP contribution in [0.3, 0.4) is 0 Å². The van der Waals surface area contributed by atoms with Crippen molar-refractivity contribution in [3.05, 3.63) is 28.8 Å². The Hall–Kier alpha value is -1.15. The van der Waals surface area contributed by atoms with Crippen LogP contribution in [-0.2, 0) is 10.0 Å². The number of likely N-dealkylation sites (tertiary alicyclic amines) is 1. The summed E-state index contributed by atoms with van der Waals surface area (Å²) in [6.07, 6.45) is 6.44. The molecule has 156 valence electrons. The molecule has 2 aliphatic rings. The van der Waals surface area contributed by atoms with Crippen LogP contribution in [0.5, 0.6) is 0 Å². The molecule has 0 saturated carbocycles. The summed E-state index contributed by atoms with van der Waals surface area (Å²) in [5.41, 5.74) is 0.214. The molecular weight excluding hydrogens is 398 g/mol. The minimum absolute atomic E-state index is 0.133. The lowest BCUT2D eigenvalue weighted by Crippen LogP contribution is -2.42. The molecule has 6 nitrogen and oxygen atoms in total. The summed E-state index contributed by atoms with van der Waals surface area (Å²) in [5.74, 6) is -0.328. The number of halogens is 1. The molecule has 0 spiro atoms. The Kier molecular flexibility index (Phi) is 7.36. The molecule has 0 aliphatic carbocycles. The maximum atomic E-state index is 12.9. The van der Waals surface area contributed by atoms with E-state index in [1.807, 2.05) is 0 Å². The second-order valence-corrected chi connectivity index (χ2v) is 10.1. The summed E-state index contributed by atoms with van der Waals surface area (Å²) in [7, 11) is -3.59. The van der Waals surface area contributed by atoms with Crippen molar-refractivity contribution in [1.29, 1.82) is 0 Å². The van der Waals surface area contributed by atoms with Crippen molar-refractivity contribution in [2.24, 2.45) is 0 Å². The van der Waals surface area contributed by atoms with Crippen LogP contribution in [0.15, 0.2) is 23.1 Å². The normalized spacial score (nSPS) is 22.1. The number of carbonyl (C=O) groups excluding carboxylic acids is 1. The van der Waals surface area contributed by atoms with Crippen LogP contribution in [0.2, 0.25) is 5.02 Å². The zero-order valence-corrected chi connectivity index (χ0v) is 18.1. The highest BCUT2D eigenvalue weighted by atomic mass is 35.5. The molecular formula is C20H30ClN3O3S. The van der Waals surface area contributed by atoms with Crippen LogP contribution in [0.25, 0.3) is 0 Å². The number of nitrogens with one attached hydrogen (secondary N) is 1. The predicted octanol–water partition coefficient (Wildman–Crippen LogP) is 3.12. The van der Waals surface area contributed by atoms with Gasteiger partial charge in [0.15, 0.2) is 0 Å². The number of nitrogens with zero attached hydrogens (tertiary/aromatic N) is 2. The Morgan fingerprint density at radius 1 is 1.14 bits per heavy atom. The fraction of sp³-hybridized carbons (Fsp3) is 0.650. The van der Waals surface area contributed by atoms with E-state index in [1.165, 1.54) is 41.8 Å². The van der Waals surface area contributed by atoms with E-state index < -0.39 is 10.0 Å². The third kappa shape index (κ3) is 5.06. The van der Waals surface area contributed by atoms with E-state index in [1.54, 1.807) is 0 Å². The maximum absolute atomic E-state index is 12.9. The van der Waals surface area contributed by atoms with Gasteiger partial charge in [-0.15, -0.1) is 0 Å². The SMILES string of the molecule is CC1CCCCN1CCNC(=O)c1cc(S(=O)(=O)N2CCCCC2)ccc1Cl. The molecule has 2 saturated heterocycles. The molecule has 8 heteroatoms. The van der Waals surface area contributed by atoms with Crippen LogP contribution < -0.4 is 5.32 Å². The quantitative estimate of drug-likeness (QED) is 0.757. The average molecular weight is 428 g/mol. The van der Waals surface area contributed by atoms with Gasteiger partial charge in [-0.05, 0) is 57.4 Å². The first-order valence-electron chi connectivity index (χ1n) is 10.2. The van der Waals surface area contributed by atoms with Crippen molar-refractivity contribution in [3.63, 3.8) is 0 Å². The summed E-state index contributed by atoms with van der Waals surface area (Å²) >= 11 is 6.20. The second kappa shape index (κ2) is 9.57. The van der Waals surface area contributed by atoms with E-state index in [2.05, 4.69) is 17.1 Å². The van der Waals surface area contributed by atoms with Gasteiger partial charge in [0.05, 0.1) is 15.5 Å². The number of carbonyl (C=O) groups is 1. The number of hydrogen-bond donors (Lipinski definition) is 1. The van der Waals surface area contributed by atoms with Gasteiger partial charge in [-0.25, -0.2) is 8.42 Å². The first-order valence-corrected chi connectivity index (χ1v) is 12.0. The highest BCUT2D eigenvalue weighted by molar-refractivity contribution is 7.89. The molecule has 1 amide bonds. The number of piperidine rings is 2. The molecule has 2 fully saturated rings. The van der Waals surface area contributed by atoms with Crippen LogP contribution in [0.1, 0.15) is 55.8 Å². The van der Waals surface area contributed by atoms with Crippen molar-refractivity contribution in [2.75, 3.05) is 32.7 Å². The number of benzene rings is 1. The van der Waals surface area contributed by atoms with E-state index in [0.717, 1.165) is 32.4 Å². The molecule has 1 unspecified atom stereocenters. The summed E-state index contributed by atoms with van der Waals surface area (Å²) in [6.45, 7) is 5.63. The Morgan fingerprint density at radius 2 is 1.86 bits per heavy atom. The van der Waals surface area contributed by atoms with Crippen molar-refractivity contribution < 1.29 is 13.2 Å². The molecule has 1 aromatic carbocycles. The molecule has 2 aliphatic heterocycles. The smallest absolute Gasteiger partial charge is 0.252 e. The maximum Gasteiger partial charge on any atom is 0.252 e. The molecule has 1 aromatic rings. The minimum atomic E-state index is -3.59. The Balaban J connectivity index is 1.66. The topological polar surface area (TPSA) is 69.7 Å². The van der Waals surface area contributed by atoms with E-state index >= 15 is 0 Å². The lowest BCUT2D eigenvalue weighted by molar-refractivity contribution is 0.0938. The van der Waals surface area contributed by atoms with Crippen molar-refractivity contribution >= 4 is 27.5 Å². The fourth-order valence-corrected chi connectivity index (χ4v) is 5.74. The van der Waals surface area contributed by atoms with Crippen LogP contribution in [-0.4, -0.2) is 62.3 Å². The molecule has 0 radical (unpaired) electrons. The monoisotopic (exact) mass is 427 g/mol. The third-order valence-electron chi connectivity index (χ3n) is 5.76. The summed E-state index contributed by atoms with van der Waals surface area (Å²) in [5, 5.41) is 3.16. The van der Waals surface area contributed by atoms with Gasteiger partial charge in [-0.2, -0.15) is 4.31 Å². The highest BCUT2D eigenvalue weighted by Crippen LogP contribution is 2.25. The average Bonchev–Trinajstić information content (AvgIpc) is 2.70. The minimum Gasteiger partial charge on any atom is -0.351 e. The second-order valence-electron chi connectivity index (χ2n) is 7.74. The van der Waals surface area contributed by atoms with Gasteiger partial charge < -0.3 is 5.32 Å². The van der Waals surface area contributed by atoms with Crippen LogP contribution in [0, 0.1) is 0 Å². The fourth-order valence-electron chi connectivity index (χ4n) is 3.99. The van der Waals surface area contributed by atoms with Crippen LogP contribution in [0.4, 0.5) is 0 Å². The van der Waals surface area contributed by atoms with E-state index in [4.69, 9.17) is 11.6 Å². The van der Waals surface area contributed by atoms with Gasteiger partial charge in [0.2, 0.25) is 10.0 Å². The Bertz CT molecular complexity index is 794. The van der Waals surface area contributed by atoms with Gasteiger partial charge in [0.25, 0.3) is 5.91 Å². The van der Waals surface area contributed by atoms with Gasteiger partial charge >= 0.3 is 0 Å². The van der Waals surface area contributed by atoms with Gasteiger partial charge in [-0.3, -0.25) is 9.69 Å². The number of rotatable bonds is 6. The number of sulfonamides is 1. The van der Waals surface area contributed by atoms with Crippen molar-refractivity contribution in [3.8, 4) is 0 Å². The summed E-state index contributed by atoms with van der Waals surface area (Å²) < 4.78 is 27.2. The highest BCUT2D eigenvalue weighted by Gasteiger charge is 2.27.